The number of benzene rings is 2. The first-order valence-corrected chi connectivity index (χ1v) is 12.0. The van der Waals surface area contributed by atoms with Crippen LogP contribution in [0.4, 0.5) is 0 Å². The van der Waals surface area contributed by atoms with Crippen LogP contribution in [-0.2, 0) is 14.3 Å². The molecule has 0 N–H and O–H groups in total. The van der Waals surface area contributed by atoms with Gasteiger partial charge in [0.25, 0.3) is 11.8 Å². The van der Waals surface area contributed by atoms with Gasteiger partial charge in [-0.1, -0.05) is 54.6 Å². The van der Waals surface area contributed by atoms with Crippen molar-refractivity contribution >= 4 is 41.5 Å². The van der Waals surface area contributed by atoms with Gasteiger partial charge >= 0.3 is 5.97 Å². The molecule has 2 aromatic rings. The van der Waals surface area contributed by atoms with Gasteiger partial charge in [0.05, 0.1) is 24.3 Å². The topological polar surface area (TPSA) is 84.0 Å². The normalized spacial score (nSPS) is 20.7. The van der Waals surface area contributed by atoms with Crippen LogP contribution in [0.15, 0.2) is 60.7 Å². The van der Waals surface area contributed by atoms with E-state index in [0.717, 1.165) is 10.5 Å². The Balaban J connectivity index is 1.70. The molecular formula is C25H24N2O5S. The predicted molar refractivity (Wildman–Crippen MR) is 126 cm³/mol. The van der Waals surface area contributed by atoms with Crippen LogP contribution in [-0.4, -0.2) is 70.7 Å². The van der Waals surface area contributed by atoms with Crippen LogP contribution in [0.25, 0.3) is 6.08 Å². The van der Waals surface area contributed by atoms with E-state index in [-0.39, 0.29) is 11.1 Å². The van der Waals surface area contributed by atoms with Crippen LogP contribution < -0.4 is 0 Å². The number of amides is 3. The number of thioether (sulfide) groups is 1. The molecule has 170 valence electrons. The number of hydrogen-bond donors (Lipinski definition) is 0. The first-order valence-electron chi connectivity index (χ1n) is 10.6. The molecule has 1 saturated heterocycles. The highest BCUT2D eigenvalue weighted by Gasteiger charge is 2.58. The average Bonchev–Trinajstić information content (AvgIpc) is 3.09. The maximum absolute atomic E-state index is 13.4. The average molecular weight is 465 g/mol. The number of fused-ring (bicyclic) bond motifs is 1. The number of methoxy groups -OCH3 is 1. The first kappa shape index (κ1) is 22.8. The van der Waals surface area contributed by atoms with E-state index in [1.165, 1.54) is 12.0 Å². The summed E-state index contributed by atoms with van der Waals surface area (Å²) in [7, 11) is 1.29. The van der Waals surface area contributed by atoms with E-state index in [1.807, 2.05) is 42.7 Å². The largest absolute Gasteiger partial charge is 0.467 e. The van der Waals surface area contributed by atoms with Crippen LogP contribution in [0.5, 0.6) is 0 Å². The molecule has 0 radical (unpaired) electrons. The number of ether oxygens (including phenoxy) is 1. The van der Waals surface area contributed by atoms with E-state index < -0.39 is 41.8 Å². The molecule has 0 saturated carbocycles. The fourth-order valence-electron chi connectivity index (χ4n) is 4.31. The zero-order valence-electron chi connectivity index (χ0n) is 18.3. The van der Waals surface area contributed by atoms with Gasteiger partial charge in [-0.25, -0.2) is 4.79 Å². The minimum atomic E-state index is -1.02. The fraction of sp³-hybridized carbons (Fsp3) is 0.280. The number of esters is 1. The predicted octanol–water partition coefficient (Wildman–Crippen LogP) is 2.87. The molecule has 4 rings (SSSR count). The van der Waals surface area contributed by atoms with Crippen LogP contribution >= 0.6 is 11.8 Å². The minimum Gasteiger partial charge on any atom is -0.467 e. The van der Waals surface area contributed by atoms with Crippen LogP contribution in [0.2, 0.25) is 0 Å². The summed E-state index contributed by atoms with van der Waals surface area (Å²) in [6.45, 7) is 0. The molecule has 1 fully saturated rings. The number of rotatable bonds is 8. The van der Waals surface area contributed by atoms with Gasteiger partial charge in [-0.2, -0.15) is 11.8 Å². The molecule has 3 amide bonds. The molecule has 3 atom stereocenters. The number of β-lactam (4-membered cyclic amide) rings is 1. The van der Waals surface area contributed by atoms with Crippen molar-refractivity contribution < 1.29 is 23.9 Å². The monoisotopic (exact) mass is 464 g/mol. The van der Waals surface area contributed by atoms with Gasteiger partial charge in [0.15, 0.2) is 0 Å². The van der Waals surface area contributed by atoms with E-state index in [4.69, 9.17) is 4.74 Å². The Hall–Kier alpha value is -3.39. The molecule has 8 heteroatoms. The van der Waals surface area contributed by atoms with Crippen molar-refractivity contribution in [2.45, 2.75) is 24.5 Å². The third-order valence-corrected chi connectivity index (χ3v) is 6.59. The highest BCUT2D eigenvalue weighted by atomic mass is 32.2. The van der Waals surface area contributed by atoms with Crippen molar-refractivity contribution in [2.75, 3.05) is 19.1 Å². The molecule has 0 aromatic heterocycles. The SMILES string of the molecule is COC(=O)[C@H](CCSC)N1C(=O)[C@H](N2C(=O)c3ccccc3C2=O)[C@@H]1C=Cc1ccccc1. The Morgan fingerprint density at radius 1 is 1.03 bits per heavy atom. The maximum atomic E-state index is 13.4. The van der Waals surface area contributed by atoms with Crippen molar-refractivity contribution in [1.29, 1.82) is 0 Å². The molecular weight excluding hydrogens is 440 g/mol. The van der Waals surface area contributed by atoms with E-state index in [1.54, 1.807) is 42.1 Å². The second kappa shape index (κ2) is 9.62. The first-order chi connectivity index (χ1) is 16.0. The number of nitrogens with zero attached hydrogens (tertiary/aromatic N) is 2. The number of carbonyl (C=O) groups is 4. The zero-order valence-corrected chi connectivity index (χ0v) is 19.2. The third-order valence-electron chi connectivity index (χ3n) is 5.95. The Bertz CT molecular complexity index is 1080. The van der Waals surface area contributed by atoms with Crippen molar-refractivity contribution in [3.63, 3.8) is 0 Å². The zero-order chi connectivity index (χ0) is 23.5. The van der Waals surface area contributed by atoms with Gasteiger partial charge < -0.3 is 9.64 Å². The summed E-state index contributed by atoms with van der Waals surface area (Å²) < 4.78 is 4.97. The summed E-state index contributed by atoms with van der Waals surface area (Å²) in [5.74, 6) is -1.30. The second-order valence-corrected chi connectivity index (χ2v) is 8.78. The molecule has 0 aliphatic carbocycles. The van der Waals surface area contributed by atoms with Crippen LogP contribution in [0.3, 0.4) is 0 Å². The summed E-state index contributed by atoms with van der Waals surface area (Å²) >= 11 is 1.56. The van der Waals surface area contributed by atoms with E-state index in [2.05, 4.69) is 0 Å². The highest BCUT2D eigenvalue weighted by molar-refractivity contribution is 7.98. The Morgan fingerprint density at radius 3 is 2.21 bits per heavy atom. The fourth-order valence-corrected chi connectivity index (χ4v) is 4.77. The van der Waals surface area contributed by atoms with E-state index >= 15 is 0 Å². The number of carbonyl (C=O) groups excluding carboxylic acids is 4. The Kier molecular flexibility index (Phi) is 6.65. The molecule has 2 aromatic carbocycles. The van der Waals surface area contributed by atoms with Gasteiger partial charge in [-0.15, -0.1) is 0 Å². The molecule has 0 unspecified atom stereocenters. The van der Waals surface area contributed by atoms with Gasteiger partial charge in [-0.3, -0.25) is 19.3 Å². The minimum absolute atomic E-state index is 0.284. The lowest BCUT2D eigenvalue weighted by Gasteiger charge is -2.51. The summed E-state index contributed by atoms with van der Waals surface area (Å²) in [6, 6.07) is 13.6. The highest BCUT2D eigenvalue weighted by Crippen LogP contribution is 2.36. The van der Waals surface area contributed by atoms with Crippen molar-refractivity contribution in [3.05, 3.63) is 77.4 Å². The molecule has 0 bridgehead atoms. The van der Waals surface area contributed by atoms with Gasteiger partial charge in [0, 0.05) is 0 Å². The summed E-state index contributed by atoms with van der Waals surface area (Å²) in [5.41, 5.74) is 1.47. The second-order valence-electron chi connectivity index (χ2n) is 7.80. The Morgan fingerprint density at radius 2 is 1.64 bits per heavy atom. The molecule has 33 heavy (non-hydrogen) atoms. The number of hydrogen-bond acceptors (Lipinski definition) is 6. The van der Waals surface area contributed by atoms with E-state index in [0.29, 0.717) is 12.2 Å². The lowest BCUT2D eigenvalue weighted by atomic mass is 9.89. The smallest absolute Gasteiger partial charge is 0.328 e. The summed E-state index contributed by atoms with van der Waals surface area (Å²) in [4.78, 5) is 54.5. The van der Waals surface area contributed by atoms with E-state index in [9.17, 15) is 19.2 Å². The van der Waals surface area contributed by atoms with Gasteiger partial charge in [-0.05, 0) is 36.1 Å². The molecule has 2 aliphatic rings. The van der Waals surface area contributed by atoms with Crippen LogP contribution in [0, 0.1) is 0 Å². The molecule has 7 nitrogen and oxygen atoms in total. The molecule has 0 spiro atoms. The number of imide groups is 1. The van der Waals surface area contributed by atoms with Crippen LogP contribution in [0.1, 0.15) is 32.7 Å². The summed E-state index contributed by atoms with van der Waals surface area (Å²) in [6.07, 6.45) is 5.93. The lowest BCUT2D eigenvalue weighted by molar-refractivity contribution is -0.167. The van der Waals surface area contributed by atoms with Crippen molar-refractivity contribution in [1.82, 2.24) is 9.80 Å². The van der Waals surface area contributed by atoms with Gasteiger partial charge in [0.1, 0.15) is 12.1 Å². The quantitative estimate of drug-likeness (QED) is 0.339. The molecule has 2 heterocycles. The maximum Gasteiger partial charge on any atom is 0.328 e. The standard InChI is InChI=1S/C25H24N2O5S/c1-32-25(31)20(14-15-33-2)26-19(13-12-16-8-4-3-5-9-16)21(24(26)30)27-22(28)17-10-6-7-11-18(17)23(27)29/h3-13,19-21H,14-15H2,1-2H3/t19-,20-,21+/m0/s1. The van der Waals surface area contributed by atoms with Gasteiger partial charge in [0.2, 0.25) is 5.91 Å². The third kappa shape index (κ3) is 4.06. The lowest BCUT2D eigenvalue weighted by Crippen LogP contribution is -2.74. The number of likely N-dealkylation sites (tertiary alicyclic amines) is 1. The van der Waals surface area contributed by atoms with Crippen molar-refractivity contribution in [2.24, 2.45) is 0 Å². The molecule has 2 aliphatic heterocycles. The van der Waals surface area contributed by atoms with Crippen molar-refractivity contribution in [3.8, 4) is 0 Å². The summed E-state index contributed by atoms with van der Waals surface area (Å²) in [5, 5.41) is 0. The Labute approximate surface area is 196 Å².